The number of ether oxygens (including phenoxy) is 1. The molecule has 0 bridgehead atoms. The van der Waals surface area contributed by atoms with Crippen molar-refractivity contribution in [2.24, 2.45) is 11.8 Å². The van der Waals surface area contributed by atoms with E-state index in [2.05, 4.69) is 36.4 Å². The zero-order valence-electron chi connectivity index (χ0n) is 11.0. The van der Waals surface area contributed by atoms with Gasteiger partial charge in [0.1, 0.15) is 12.4 Å². The van der Waals surface area contributed by atoms with Gasteiger partial charge in [-0.1, -0.05) is 42.5 Å². The molecule has 2 unspecified atom stereocenters. The first kappa shape index (κ1) is 11.1. The molecular formula is C18H18O. The Labute approximate surface area is 114 Å². The molecule has 2 atom stereocenters. The van der Waals surface area contributed by atoms with Crippen LogP contribution in [0.4, 0.5) is 0 Å². The van der Waals surface area contributed by atoms with Crippen LogP contribution >= 0.6 is 0 Å². The van der Waals surface area contributed by atoms with Crippen LogP contribution in [-0.2, 0) is 6.61 Å². The van der Waals surface area contributed by atoms with Gasteiger partial charge in [-0.3, -0.25) is 0 Å². The average molecular weight is 250 g/mol. The number of hydrogen-bond acceptors (Lipinski definition) is 1. The highest BCUT2D eigenvalue weighted by Gasteiger charge is 2.56. The van der Waals surface area contributed by atoms with Crippen molar-refractivity contribution in [3.8, 4) is 5.75 Å². The van der Waals surface area contributed by atoms with Gasteiger partial charge in [-0.05, 0) is 53.9 Å². The van der Waals surface area contributed by atoms with Crippen LogP contribution in [0.1, 0.15) is 29.9 Å². The molecule has 0 radical (unpaired) electrons. The maximum absolute atomic E-state index is 5.82. The van der Waals surface area contributed by atoms with Crippen molar-refractivity contribution in [3.05, 3.63) is 65.7 Å². The summed E-state index contributed by atoms with van der Waals surface area (Å²) in [5.41, 5.74) is 2.73. The molecule has 2 saturated carbocycles. The molecule has 0 heterocycles. The second kappa shape index (κ2) is 4.41. The highest BCUT2D eigenvalue weighted by atomic mass is 16.5. The van der Waals surface area contributed by atoms with E-state index in [4.69, 9.17) is 4.74 Å². The molecule has 1 nitrogen and oxygen atoms in total. The highest BCUT2D eigenvalue weighted by molar-refractivity contribution is 5.35. The van der Waals surface area contributed by atoms with Gasteiger partial charge in [-0.15, -0.1) is 0 Å². The summed E-state index contributed by atoms with van der Waals surface area (Å²) in [6, 6.07) is 19.1. The third-order valence-corrected chi connectivity index (χ3v) is 4.68. The summed E-state index contributed by atoms with van der Waals surface area (Å²) in [6.45, 7) is 0.648. The van der Waals surface area contributed by atoms with Crippen LogP contribution in [0.15, 0.2) is 54.6 Å². The Morgan fingerprint density at radius 3 is 2.16 bits per heavy atom. The normalized spacial score (nSPS) is 27.3. The van der Waals surface area contributed by atoms with Crippen molar-refractivity contribution in [1.82, 2.24) is 0 Å². The van der Waals surface area contributed by atoms with Crippen LogP contribution in [0.25, 0.3) is 0 Å². The maximum Gasteiger partial charge on any atom is 0.119 e. The zero-order chi connectivity index (χ0) is 12.7. The largest absolute Gasteiger partial charge is 0.489 e. The second-order valence-corrected chi connectivity index (χ2v) is 5.77. The van der Waals surface area contributed by atoms with E-state index in [1.54, 1.807) is 0 Å². The molecule has 0 spiro atoms. The summed E-state index contributed by atoms with van der Waals surface area (Å²) in [5.74, 6) is 3.86. The van der Waals surface area contributed by atoms with E-state index < -0.39 is 0 Å². The molecule has 0 N–H and O–H groups in total. The minimum absolute atomic E-state index is 0.648. The summed E-state index contributed by atoms with van der Waals surface area (Å²) in [6.07, 6.45) is 2.89. The monoisotopic (exact) mass is 250 g/mol. The van der Waals surface area contributed by atoms with E-state index in [0.29, 0.717) is 6.61 Å². The molecule has 2 aliphatic rings. The van der Waals surface area contributed by atoms with E-state index in [9.17, 15) is 0 Å². The van der Waals surface area contributed by atoms with Gasteiger partial charge in [0, 0.05) is 0 Å². The van der Waals surface area contributed by atoms with Crippen LogP contribution in [0.3, 0.4) is 0 Å². The quantitative estimate of drug-likeness (QED) is 0.782. The van der Waals surface area contributed by atoms with Crippen LogP contribution in [-0.4, -0.2) is 0 Å². The molecule has 2 aromatic carbocycles. The zero-order valence-corrected chi connectivity index (χ0v) is 11.0. The number of rotatable bonds is 4. The Balaban J connectivity index is 1.39. The molecule has 2 aliphatic carbocycles. The minimum Gasteiger partial charge on any atom is -0.489 e. The summed E-state index contributed by atoms with van der Waals surface area (Å²) >= 11 is 0. The first-order chi connectivity index (χ1) is 9.42. The molecule has 19 heavy (non-hydrogen) atoms. The Hall–Kier alpha value is -1.76. The lowest BCUT2D eigenvalue weighted by atomic mass is 10.0. The molecule has 0 aliphatic heterocycles. The average Bonchev–Trinajstić information content (AvgIpc) is 2.99. The molecule has 0 saturated heterocycles. The van der Waals surface area contributed by atoms with E-state index in [0.717, 1.165) is 23.5 Å². The number of benzene rings is 2. The molecule has 1 heteroatoms. The van der Waals surface area contributed by atoms with Crippen molar-refractivity contribution in [2.75, 3.05) is 0 Å². The van der Waals surface area contributed by atoms with Gasteiger partial charge in [-0.25, -0.2) is 0 Å². The van der Waals surface area contributed by atoms with Crippen LogP contribution < -0.4 is 4.74 Å². The fourth-order valence-electron chi connectivity index (χ4n) is 3.38. The summed E-state index contributed by atoms with van der Waals surface area (Å²) in [4.78, 5) is 0. The van der Waals surface area contributed by atoms with E-state index >= 15 is 0 Å². The van der Waals surface area contributed by atoms with E-state index in [-0.39, 0.29) is 0 Å². The van der Waals surface area contributed by atoms with Gasteiger partial charge in [-0.2, -0.15) is 0 Å². The van der Waals surface area contributed by atoms with Crippen LogP contribution in [0, 0.1) is 11.8 Å². The first-order valence-corrected chi connectivity index (χ1v) is 7.18. The third-order valence-electron chi connectivity index (χ3n) is 4.68. The fourth-order valence-corrected chi connectivity index (χ4v) is 3.38. The maximum atomic E-state index is 5.82. The Morgan fingerprint density at radius 1 is 0.842 bits per heavy atom. The molecular weight excluding hydrogens is 232 g/mol. The summed E-state index contributed by atoms with van der Waals surface area (Å²) in [7, 11) is 0. The van der Waals surface area contributed by atoms with Crippen molar-refractivity contribution in [2.45, 2.75) is 25.4 Å². The van der Waals surface area contributed by atoms with Gasteiger partial charge in [0.15, 0.2) is 0 Å². The van der Waals surface area contributed by atoms with Crippen LogP contribution in [0.2, 0.25) is 0 Å². The Bertz CT molecular complexity index is 548. The third kappa shape index (κ3) is 2.03. The SMILES string of the molecule is c1ccc(COc2ccc(C3C4CCC43)cc2)cc1. The predicted octanol–water partition coefficient (Wildman–Crippen LogP) is 4.39. The fraction of sp³-hybridized carbons (Fsp3) is 0.333. The van der Waals surface area contributed by atoms with Gasteiger partial charge >= 0.3 is 0 Å². The number of fused-ring (bicyclic) bond motifs is 1. The summed E-state index contributed by atoms with van der Waals surface area (Å²) < 4.78 is 5.82. The second-order valence-electron chi connectivity index (χ2n) is 5.77. The molecule has 0 amide bonds. The van der Waals surface area contributed by atoms with Gasteiger partial charge in [0.05, 0.1) is 0 Å². The molecule has 2 aromatic rings. The minimum atomic E-state index is 0.648. The van der Waals surface area contributed by atoms with Gasteiger partial charge < -0.3 is 4.74 Å². The van der Waals surface area contributed by atoms with Gasteiger partial charge in [0.25, 0.3) is 0 Å². The Morgan fingerprint density at radius 2 is 1.53 bits per heavy atom. The smallest absolute Gasteiger partial charge is 0.119 e. The van der Waals surface area contributed by atoms with E-state index in [1.165, 1.54) is 24.0 Å². The molecule has 96 valence electrons. The molecule has 4 rings (SSSR count). The van der Waals surface area contributed by atoms with Crippen molar-refractivity contribution in [3.63, 3.8) is 0 Å². The number of hydrogen-bond donors (Lipinski definition) is 0. The lowest BCUT2D eigenvalue weighted by Crippen LogP contribution is -1.95. The Kier molecular flexibility index (Phi) is 2.58. The molecule has 2 fully saturated rings. The van der Waals surface area contributed by atoms with Crippen molar-refractivity contribution >= 4 is 0 Å². The predicted molar refractivity (Wildman–Crippen MR) is 76.2 cm³/mol. The lowest BCUT2D eigenvalue weighted by Gasteiger charge is -2.07. The topological polar surface area (TPSA) is 9.23 Å². The van der Waals surface area contributed by atoms with E-state index in [1.807, 2.05) is 18.2 Å². The molecule has 0 aromatic heterocycles. The first-order valence-electron chi connectivity index (χ1n) is 7.18. The van der Waals surface area contributed by atoms with Crippen molar-refractivity contribution < 1.29 is 4.74 Å². The summed E-state index contributed by atoms with van der Waals surface area (Å²) in [5, 5.41) is 0. The standard InChI is InChI=1S/C18H18O/c1-2-4-13(5-3-1)12-19-15-8-6-14(7-9-15)18-16-10-11-17(16)18/h1-9,16-18H,10-12H2. The highest BCUT2D eigenvalue weighted by Crippen LogP contribution is 2.66. The lowest BCUT2D eigenvalue weighted by molar-refractivity contribution is 0.306. The van der Waals surface area contributed by atoms with Gasteiger partial charge in [0.2, 0.25) is 0 Å². The van der Waals surface area contributed by atoms with Crippen LogP contribution in [0.5, 0.6) is 5.75 Å². The van der Waals surface area contributed by atoms with Crippen molar-refractivity contribution in [1.29, 1.82) is 0 Å².